The van der Waals surface area contributed by atoms with Crippen molar-refractivity contribution in [1.29, 1.82) is 0 Å². The molecule has 3 rings (SSSR count). The molecular weight excluding hydrogens is 783 g/mol. The molecule has 2 aromatic carbocycles. The first-order valence-corrected chi connectivity index (χ1v) is 6.11. The minimum absolute atomic E-state index is 0. The fourth-order valence-corrected chi connectivity index (χ4v) is 2.92. The van der Waals surface area contributed by atoms with E-state index in [2.05, 4.69) is 5.32 Å². The maximum Gasteiger partial charge on any atom is 0.418 e. The molecule has 3 N–H and O–H groups in total. The van der Waals surface area contributed by atoms with Crippen LogP contribution in [0.15, 0.2) is 52.3 Å². The normalized spacial score (nSPS) is 10.6. The van der Waals surface area contributed by atoms with E-state index in [-0.39, 0.29) is 107 Å². The Bertz CT molecular complexity index is 628. The zero-order chi connectivity index (χ0) is 12.8. The zero-order valence-electron chi connectivity index (χ0n) is 11.2. The minimum atomic E-state index is -4.34. The smallest absolute Gasteiger partial charge is 0.412 e. The van der Waals surface area contributed by atoms with Crippen LogP contribution in [0, 0.1) is 0 Å². The molecule has 0 atom stereocenters. The number of para-hydroxylation sites is 2. The summed E-state index contributed by atoms with van der Waals surface area (Å²) >= 11 is 1.35. The van der Waals surface area contributed by atoms with Crippen LogP contribution in [-0.4, -0.2) is 5.48 Å². The maximum absolute atomic E-state index is 12.9. The molecule has 0 unspecified atom stereocenters. The van der Waals surface area contributed by atoms with Gasteiger partial charge >= 0.3 is 6.18 Å². The van der Waals surface area contributed by atoms with Crippen molar-refractivity contribution in [2.24, 2.45) is 0 Å². The van der Waals surface area contributed by atoms with Gasteiger partial charge in [0, 0.05) is 9.79 Å². The number of hydrogen-bond donors (Lipinski definition) is 1. The SMILES string of the molecule is FC(F)(F)c1cccc2c1Nc1ccccc1S2.I.I.I.I.O. The molecule has 0 spiro atoms. The van der Waals surface area contributed by atoms with Crippen molar-refractivity contribution in [2.45, 2.75) is 16.0 Å². The van der Waals surface area contributed by atoms with E-state index in [0.29, 0.717) is 10.6 Å². The second kappa shape index (κ2) is 11.8. The first-order chi connectivity index (χ1) is 8.55. The number of hydrogen-bond acceptors (Lipinski definition) is 2. The molecule has 132 valence electrons. The van der Waals surface area contributed by atoms with Gasteiger partial charge in [-0.1, -0.05) is 30.0 Å². The molecule has 0 bridgehead atoms. The van der Waals surface area contributed by atoms with E-state index in [1.807, 2.05) is 12.1 Å². The Morgan fingerprint density at radius 1 is 0.783 bits per heavy atom. The van der Waals surface area contributed by atoms with Gasteiger partial charge in [-0.3, -0.25) is 0 Å². The molecule has 0 saturated carbocycles. The van der Waals surface area contributed by atoms with Gasteiger partial charge in [-0.05, 0) is 24.3 Å². The van der Waals surface area contributed by atoms with Crippen molar-refractivity contribution in [1.82, 2.24) is 0 Å². The molecule has 1 aliphatic heterocycles. The van der Waals surface area contributed by atoms with E-state index in [1.165, 1.54) is 17.8 Å². The van der Waals surface area contributed by atoms with Crippen LogP contribution in [-0.2, 0) is 6.18 Å². The van der Waals surface area contributed by atoms with Gasteiger partial charge in [0.1, 0.15) is 0 Å². The number of nitrogens with one attached hydrogen (secondary N) is 1. The molecule has 0 aromatic heterocycles. The average molecular weight is 797 g/mol. The van der Waals surface area contributed by atoms with Crippen LogP contribution in [0.1, 0.15) is 5.56 Å². The van der Waals surface area contributed by atoms with Crippen molar-refractivity contribution in [3.8, 4) is 0 Å². The molecule has 0 amide bonds. The van der Waals surface area contributed by atoms with Crippen LogP contribution in [0.2, 0.25) is 0 Å². The van der Waals surface area contributed by atoms with Crippen LogP contribution in [0.5, 0.6) is 0 Å². The molecule has 0 saturated heterocycles. The predicted octanol–water partition coefficient (Wildman–Crippen LogP) is 6.56. The molecular formula is C13H14F3I4NOS. The van der Waals surface area contributed by atoms with Gasteiger partial charge in [-0.15, -0.1) is 95.9 Å². The van der Waals surface area contributed by atoms with Crippen molar-refractivity contribution in [3.63, 3.8) is 0 Å². The van der Waals surface area contributed by atoms with Crippen LogP contribution in [0.4, 0.5) is 24.5 Å². The topological polar surface area (TPSA) is 43.5 Å². The monoisotopic (exact) mass is 797 g/mol. The van der Waals surface area contributed by atoms with Crippen LogP contribution in [0.25, 0.3) is 0 Å². The molecule has 23 heavy (non-hydrogen) atoms. The van der Waals surface area contributed by atoms with E-state index in [0.717, 1.165) is 11.0 Å². The second-order valence-corrected chi connectivity index (χ2v) is 4.98. The quantitative estimate of drug-likeness (QED) is 0.262. The summed E-state index contributed by atoms with van der Waals surface area (Å²) in [6, 6.07) is 11.6. The number of halogens is 7. The Kier molecular flexibility index (Phi) is 14.9. The fraction of sp³-hybridized carbons (Fsp3) is 0.0769. The summed E-state index contributed by atoms with van der Waals surface area (Å²) in [6.45, 7) is 0. The summed E-state index contributed by atoms with van der Waals surface area (Å²) in [7, 11) is 0. The van der Waals surface area contributed by atoms with E-state index in [1.54, 1.807) is 18.2 Å². The highest BCUT2D eigenvalue weighted by molar-refractivity contribution is 14.0. The van der Waals surface area contributed by atoms with Crippen molar-refractivity contribution in [2.75, 3.05) is 5.32 Å². The Hall–Kier alpha value is 1.26. The summed E-state index contributed by atoms with van der Waals surface area (Å²) in [5.41, 5.74) is 0.238. The molecule has 2 nitrogen and oxygen atoms in total. The number of fused-ring (bicyclic) bond motifs is 2. The summed E-state index contributed by atoms with van der Waals surface area (Å²) in [5.74, 6) is 0. The van der Waals surface area contributed by atoms with E-state index in [4.69, 9.17) is 0 Å². The lowest BCUT2D eigenvalue weighted by Gasteiger charge is -2.23. The first kappa shape index (κ1) is 29.0. The first-order valence-electron chi connectivity index (χ1n) is 5.30. The Balaban J connectivity index is -0.000000800. The highest BCUT2D eigenvalue weighted by Crippen LogP contribution is 2.48. The Labute approximate surface area is 204 Å². The standard InChI is InChI=1S/C13H8F3NS.4HI.H2O/c14-13(15,16)8-4-3-7-11-12(8)17-9-5-1-2-6-10(9)18-11;;;;;/h1-7,17H;4*1H;1H2. The van der Waals surface area contributed by atoms with E-state index >= 15 is 0 Å². The third-order valence-electron chi connectivity index (χ3n) is 2.70. The number of anilines is 2. The third-order valence-corrected chi connectivity index (χ3v) is 3.83. The van der Waals surface area contributed by atoms with Crippen LogP contribution in [0.3, 0.4) is 0 Å². The van der Waals surface area contributed by atoms with Gasteiger partial charge in [-0.2, -0.15) is 13.2 Å². The van der Waals surface area contributed by atoms with Gasteiger partial charge in [0.15, 0.2) is 0 Å². The highest BCUT2D eigenvalue weighted by atomic mass is 127. The molecule has 0 fully saturated rings. The summed E-state index contributed by atoms with van der Waals surface area (Å²) in [6.07, 6.45) is -4.34. The van der Waals surface area contributed by atoms with Gasteiger partial charge in [-0.25, -0.2) is 0 Å². The van der Waals surface area contributed by atoms with Gasteiger partial charge in [0.2, 0.25) is 0 Å². The third kappa shape index (κ3) is 6.49. The highest BCUT2D eigenvalue weighted by Gasteiger charge is 2.35. The maximum atomic E-state index is 12.9. The van der Waals surface area contributed by atoms with E-state index < -0.39 is 11.7 Å². The average Bonchev–Trinajstić information content (AvgIpc) is 2.34. The van der Waals surface area contributed by atoms with Crippen molar-refractivity contribution >= 4 is 119 Å². The van der Waals surface area contributed by atoms with Crippen molar-refractivity contribution < 1.29 is 18.6 Å². The Morgan fingerprint density at radius 2 is 1.35 bits per heavy atom. The number of rotatable bonds is 0. The summed E-state index contributed by atoms with van der Waals surface area (Å²) in [5, 5.41) is 2.87. The minimum Gasteiger partial charge on any atom is -0.412 e. The lowest BCUT2D eigenvalue weighted by molar-refractivity contribution is -0.137. The van der Waals surface area contributed by atoms with Gasteiger partial charge < -0.3 is 10.8 Å². The molecule has 0 radical (unpaired) electrons. The van der Waals surface area contributed by atoms with Crippen LogP contribution < -0.4 is 5.32 Å². The second-order valence-electron chi connectivity index (χ2n) is 3.90. The van der Waals surface area contributed by atoms with Gasteiger partial charge in [0.05, 0.1) is 16.9 Å². The number of alkyl halides is 3. The molecule has 10 heteroatoms. The summed E-state index contributed by atoms with van der Waals surface area (Å²) < 4.78 is 38.7. The molecule has 1 heterocycles. The van der Waals surface area contributed by atoms with E-state index in [9.17, 15) is 13.2 Å². The lowest BCUT2D eigenvalue weighted by Crippen LogP contribution is -2.11. The zero-order valence-corrected chi connectivity index (χ0v) is 21.4. The Morgan fingerprint density at radius 3 is 1.96 bits per heavy atom. The largest absolute Gasteiger partial charge is 0.418 e. The molecule has 2 aromatic rings. The fourth-order valence-electron chi connectivity index (χ4n) is 1.89. The van der Waals surface area contributed by atoms with Crippen molar-refractivity contribution in [3.05, 3.63) is 48.0 Å². The lowest BCUT2D eigenvalue weighted by atomic mass is 10.1. The number of benzene rings is 2. The molecule has 1 aliphatic rings. The summed E-state index contributed by atoms with van der Waals surface area (Å²) in [4.78, 5) is 1.54. The van der Waals surface area contributed by atoms with Crippen LogP contribution >= 0.6 is 108 Å². The molecule has 0 aliphatic carbocycles. The predicted molar refractivity (Wildman–Crippen MR) is 131 cm³/mol. The van der Waals surface area contributed by atoms with Gasteiger partial charge in [0.25, 0.3) is 0 Å².